The molecule has 0 atom stereocenters. The molecule has 0 spiro atoms. The first kappa shape index (κ1) is 12.1. The minimum Gasteiger partial charge on any atom is -0.384 e. The molecule has 2 aromatic heterocycles. The van der Waals surface area contributed by atoms with Crippen LogP contribution in [-0.4, -0.2) is 31.0 Å². The van der Waals surface area contributed by atoms with E-state index in [2.05, 4.69) is 20.5 Å². The van der Waals surface area contributed by atoms with Crippen LogP contribution in [0.15, 0.2) is 22.3 Å². The number of nitrogens with zero attached hydrogens (tertiary/aromatic N) is 5. The van der Waals surface area contributed by atoms with Crippen LogP contribution < -0.4 is 5.73 Å². The van der Waals surface area contributed by atoms with Crippen LogP contribution in [0.2, 0.25) is 0 Å². The van der Waals surface area contributed by atoms with Crippen molar-refractivity contribution < 1.29 is 0 Å². The average molecular weight is 275 g/mol. The number of nitrogen functional groups attached to an aromatic ring is 1. The summed E-state index contributed by atoms with van der Waals surface area (Å²) in [7, 11) is 0. The van der Waals surface area contributed by atoms with Crippen LogP contribution in [0.3, 0.4) is 0 Å². The molecule has 8 heteroatoms. The van der Waals surface area contributed by atoms with Gasteiger partial charge in [0.25, 0.3) is 0 Å². The summed E-state index contributed by atoms with van der Waals surface area (Å²) in [5.41, 5.74) is 7.00. The maximum absolute atomic E-state index is 7.49. The molecule has 1 saturated carbocycles. The molecule has 19 heavy (non-hydrogen) atoms. The van der Waals surface area contributed by atoms with E-state index in [1.165, 1.54) is 11.8 Å². The Morgan fingerprint density at radius 1 is 1.47 bits per heavy atom. The molecule has 7 nitrogen and oxygen atoms in total. The zero-order valence-corrected chi connectivity index (χ0v) is 11.2. The van der Waals surface area contributed by atoms with Gasteiger partial charge in [-0.2, -0.15) is 0 Å². The number of nitrogens with one attached hydrogen (secondary N) is 1. The molecule has 0 aromatic carbocycles. The summed E-state index contributed by atoms with van der Waals surface area (Å²) < 4.78 is 1.84. The number of amidine groups is 1. The largest absolute Gasteiger partial charge is 0.384 e. The van der Waals surface area contributed by atoms with Crippen LogP contribution in [0.25, 0.3) is 0 Å². The predicted octanol–water partition coefficient (Wildman–Crippen LogP) is 1.15. The molecule has 1 fully saturated rings. The van der Waals surface area contributed by atoms with Crippen LogP contribution in [0.4, 0.5) is 0 Å². The van der Waals surface area contributed by atoms with Gasteiger partial charge < -0.3 is 5.73 Å². The molecule has 98 valence electrons. The third-order valence-electron chi connectivity index (χ3n) is 2.79. The standard InChI is InChI=1S/C11H13N7S/c1-6-4-7(10(12)13)5-9(14-6)19-11-15-16-17-18(11)8-2-3-8/h4-5,8H,2-3H2,1H3,(H3,12,13). The van der Waals surface area contributed by atoms with Crippen LogP contribution in [0.1, 0.15) is 30.1 Å². The molecular formula is C11H13N7S. The van der Waals surface area contributed by atoms with Gasteiger partial charge in [0.15, 0.2) is 0 Å². The summed E-state index contributed by atoms with van der Waals surface area (Å²) in [5.74, 6) is 0.0362. The van der Waals surface area contributed by atoms with Gasteiger partial charge in [-0.25, -0.2) is 9.67 Å². The summed E-state index contributed by atoms with van der Waals surface area (Å²) in [4.78, 5) is 4.41. The first-order chi connectivity index (χ1) is 9.13. The van der Waals surface area contributed by atoms with E-state index in [9.17, 15) is 0 Å². The highest BCUT2D eigenvalue weighted by atomic mass is 32.2. The molecule has 1 aliphatic rings. The topological polar surface area (TPSA) is 106 Å². The SMILES string of the molecule is Cc1cc(C(=N)N)cc(Sc2nnnn2C2CC2)n1. The van der Waals surface area contributed by atoms with Gasteiger partial charge in [0, 0.05) is 11.3 Å². The van der Waals surface area contributed by atoms with E-state index in [0.717, 1.165) is 28.7 Å². The highest BCUT2D eigenvalue weighted by molar-refractivity contribution is 7.99. The molecule has 2 heterocycles. The van der Waals surface area contributed by atoms with E-state index in [0.29, 0.717) is 11.6 Å². The van der Waals surface area contributed by atoms with E-state index in [4.69, 9.17) is 11.1 Å². The molecule has 1 aliphatic carbocycles. The molecule has 0 aliphatic heterocycles. The lowest BCUT2D eigenvalue weighted by Gasteiger charge is -2.05. The maximum atomic E-state index is 7.49. The molecule has 0 saturated heterocycles. The lowest BCUT2D eigenvalue weighted by Crippen LogP contribution is -2.11. The molecular weight excluding hydrogens is 262 g/mol. The first-order valence-electron chi connectivity index (χ1n) is 5.92. The van der Waals surface area contributed by atoms with Gasteiger partial charge in [0.1, 0.15) is 10.9 Å². The lowest BCUT2D eigenvalue weighted by atomic mass is 10.2. The van der Waals surface area contributed by atoms with Gasteiger partial charge in [-0.3, -0.25) is 5.41 Å². The second kappa shape index (κ2) is 4.61. The second-order valence-electron chi connectivity index (χ2n) is 4.49. The number of nitrogens with two attached hydrogens (primary N) is 1. The Bertz CT molecular complexity index is 632. The number of pyridine rings is 1. The van der Waals surface area contributed by atoms with Gasteiger partial charge in [-0.05, 0) is 54.1 Å². The van der Waals surface area contributed by atoms with Crippen LogP contribution in [0, 0.1) is 12.3 Å². The van der Waals surface area contributed by atoms with Crippen molar-refractivity contribution in [1.82, 2.24) is 25.2 Å². The molecule has 3 N–H and O–H groups in total. The minimum atomic E-state index is 0.0362. The Morgan fingerprint density at radius 2 is 2.26 bits per heavy atom. The Morgan fingerprint density at radius 3 is 2.95 bits per heavy atom. The van der Waals surface area contributed by atoms with Crippen molar-refractivity contribution in [1.29, 1.82) is 5.41 Å². The Labute approximate surface area is 114 Å². The van der Waals surface area contributed by atoms with Crippen molar-refractivity contribution in [3.63, 3.8) is 0 Å². The van der Waals surface area contributed by atoms with E-state index in [-0.39, 0.29) is 5.84 Å². The molecule has 3 rings (SSSR count). The smallest absolute Gasteiger partial charge is 0.215 e. The summed E-state index contributed by atoms with van der Waals surface area (Å²) >= 11 is 1.40. The highest BCUT2D eigenvalue weighted by Crippen LogP contribution is 2.37. The molecule has 0 amide bonds. The third-order valence-corrected chi connectivity index (χ3v) is 3.66. The van der Waals surface area contributed by atoms with Crippen molar-refractivity contribution in [2.24, 2.45) is 5.73 Å². The number of rotatable bonds is 4. The number of hydrogen-bond acceptors (Lipinski definition) is 6. The third kappa shape index (κ3) is 2.58. The van der Waals surface area contributed by atoms with Gasteiger partial charge in [0.2, 0.25) is 5.16 Å². The second-order valence-corrected chi connectivity index (χ2v) is 5.48. The number of aryl methyl sites for hydroxylation is 1. The molecule has 2 aromatic rings. The highest BCUT2D eigenvalue weighted by Gasteiger charge is 2.28. The fourth-order valence-corrected chi connectivity index (χ4v) is 2.66. The molecule has 0 radical (unpaired) electrons. The Kier molecular flexibility index (Phi) is 2.94. The summed E-state index contributed by atoms with van der Waals surface area (Å²) in [6.45, 7) is 1.88. The Hall–Kier alpha value is -1.96. The summed E-state index contributed by atoms with van der Waals surface area (Å²) in [6.07, 6.45) is 2.25. The number of aromatic nitrogens is 5. The Balaban J connectivity index is 1.90. The van der Waals surface area contributed by atoms with Crippen LogP contribution in [-0.2, 0) is 0 Å². The summed E-state index contributed by atoms with van der Waals surface area (Å²) in [5, 5.41) is 20.7. The predicted molar refractivity (Wildman–Crippen MR) is 70.2 cm³/mol. The maximum Gasteiger partial charge on any atom is 0.215 e. The van der Waals surface area contributed by atoms with E-state index in [1.807, 2.05) is 11.6 Å². The quantitative estimate of drug-likeness (QED) is 0.640. The van der Waals surface area contributed by atoms with Crippen LogP contribution in [0.5, 0.6) is 0 Å². The number of tetrazole rings is 1. The first-order valence-corrected chi connectivity index (χ1v) is 6.74. The van der Waals surface area contributed by atoms with Gasteiger partial charge >= 0.3 is 0 Å². The van der Waals surface area contributed by atoms with Crippen molar-refractivity contribution >= 4 is 17.6 Å². The van der Waals surface area contributed by atoms with Crippen molar-refractivity contribution in [3.05, 3.63) is 23.4 Å². The normalized spacial score (nSPS) is 14.6. The van der Waals surface area contributed by atoms with Crippen molar-refractivity contribution in [2.45, 2.75) is 36.0 Å². The van der Waals surface area contributed by atoms with Crippen molar-refractivity contribution in [2.75, 3.05) is 0 Å². The zero-order chi connectivity index (χ0) is 13.4. The van der Waals surface area contributed by atoms with Gasteiger partial charge in [-0.1, -0.05) is 0 Å². The summed E-state index contributed by atoms with van der Waals surface area (Å²) in [6, 6.07) is 4.00. The monoisotopic (exact) mass is 275 g/mol. The minimum absolute atomic E-state index is 0.0362. The molecule has 0 bridgehead atoms. The van der Waals surface area contributed by atoms with E-state index in [1.54, 1.807) is 12.1 Å². The lowest BCUT2D eigenvalue weighted by molar-refractivity contribution is 0.565. The average Bonchev–Trinajstić information content (AvgIpc) is 3.10. The van der Waals surface area contributed by atoms with Gasteiger partial charge in [-0.15, -0.1) is 5.10 Å². The van der Waals surface area contributed by atoms with Gasteiger partial charge in [0.05, 0.1) is 6.04 Å². The fourth-order valence-electron chi connectivity index (χ4n) is 1.74. The number of hydrogen-bond donors (Lipinski definition) is 2. The van der Waals surface area contributed by atoms with E-state index < -0.39 is 0 Å². The fraction of sp³-hybridized carbons (Fsp3) is 0.364. The zero-order valence-electron chi connectivity index (χ0n) is 10.4. The molecule has 0 unspecified atom stereocenters. The van der Waals surface area contributed by atoms with Crippen molar-refractivity contribution in [3.8, 4) is 0 Å². The van der Waals surface area contributed by atoms with E-state index >= 15 is 0 Å². The van der Waals surface area contributed by atoms with Crippen LogP contribution >= 0.6 is 11.8 Å².